The van der Waals surface area contributed by atoms with E-state index in [0.29, 0.717) is 22.0 Å². The maximum atomic E-state index is 13.3. The Balaban J connectivity index is 1.96. The van der Waals surface area contributed by atoms with Crippen molar-refractivity contribution < 1.29 is 24.7 Å². The first kappa shape index (κ1) is 19.3. The number of carbonyl (C=O) groups excluding carboxylic acids is 1. The standard InChI is InChI=1S/C21H17N3O7/c1-2-21(28)15-13(9-31-20(21)27)19(26)23-7-11-12(8-25)10-5-3-4-6-14(10)22-16(11)18(23)17(15)24(29)30/h3-6,25,28H,2,7-9H2,1H3/t21-/m0/s1. The number of fused-ring (bicyclic) bond motifs is 5. The number of para-hydroxylation sites is 1. The zero-order valence-electron chi connectivity index (χ0n) is 16.4. The first-order valence-corrected chi connectivity index (χ1v) is 9.69. The number of hydrogen-bond acceptors (Lipinski definition) is 8. The van der Waals surface area contributed by atoms with Crippen LogP contribution in [0.15, 0.2) is 29.1 Å². The van der Waals surface area contributed by atoms with Gasteiger partial charge in [-0.2, -0.15) is 0 Å². The fourth-order valence-electron chi connectivity index (χ4n) is 4.61. The molecule has 158 valence electrons. The Morgan fingerprint density at radius 3 is 2.71 bits per heavy atom. The van der Waals surface area contributed by atoms with Gasteiger partial charge in [0.2, 0.25) is 0 Å². The Labute approximate surface area is 174 Å². The summed E-state index contributed by atoms with van der Waals surface area (Å²) in [6.45, 7) is 0.648. The normalized spacial score (nSPS) is 19.0. The van der Waals surface area contributed by atoms with E-state index in [9.17, 15) is 29.9 Å². The van der Waals surface area contributed by atoms with Crippen molar-refractivity contribution >= 4 is 22.6 Å². The van der Waals surface area contributed by atoms with E-state index in [0.717, 1.165) is 0 Å². The van der Waals surface area contributed by atoms with E-state index in [1.165, 1.54) is 11.5 Å². The monoisotopic (exact) mass is 423 g/mol. The van der Waals surface area contributed by atoms with Crippen LogP contribution in [0.25, 0.3) is 22.3 Å². The molecular weight excluding hydrogens is 406 g/mol. The van der Waals surface area contributed by atoms with Crippen molar-refractivity contribution in [1.29, 1.82) is 0 Å². The number of cyclic esters (lactones) is 1. The highest BCUT2D eigenvalue weighted by Crippen LogP contribution is 2.47. The SMILES string of the molecule is CC[C@@]1(O)C(=O)OCc2c1c([N+](=O)[O-])c1n(c2=O)Cc2c-1nc1ccccc1c2CO. The second-order valence-corrected chi connectivity index (χ2v) is 7.58. The predicted octanol–water partition coefficient (Wildman–Crippen LogP) is 1.48. The van der Waals surface area contributed by atoms with Crippen LogP contribution in [-0.2, 0) is 34.9 Å². The molecule has 5 rings (SSSR count). The zero-order chi connectivity index (χ0) is 22.1. The molecule has 1 atom stereocenters. The first-order chi connectivity index (χ1) is 14.8. The molecule has 0 aliphatic carbocycles. The van der Waals surface area contributed by atoms with Gasteiger partial charge in [0.15, 0.2) is 5.60 Å². The van der Waals surface area contributed by atoms with Gasteiger partial charge in [0.05, 0.1) is 40.4 Å². The van der Waals surface area contributed by atoms with Gasteiger partial charge in [0.1, 0.15) is 12.3 Å². The van der Waals surface area contributed by atoms with Crippen LogP contribution in [0.1, 0.15) is 35.6 Å². The van der Waals surface area contributed by atoms with Crippen LogP contribution >= 0.6 is 0 Å². The lowest BCUT2D eigenvalue weighted by atomic mass is 9.84. The largest absolute Gasteiger partial charge is 0.458 e. The molecule has 10 heteroatoms. The number of carbonyl (C=O) groups is 1. The molecule has 0 fully saturated rings. The van der Waals surface area contributed by atoms with Gasteiger partial charge in [0.25, 0.3) is 5.56 Å². The van der Waals surface area contributed by atoms with Crippen LogP contribution in [0, 0.1) is 10.1 Å². The molecule has 0 radical (unpaired) electrons. The number of pyridine rings is 2. The zero-order valence-corrected chi connectivity index (χ0v) is 16.4. The van der Waals surface area contributed by atoms with Gasteiger partial charge in [-0.25, -0.2) is 9.78 Å². The molecule has 1 aromatic carbocycles. The Morgan fingerprint density at radius 2 is 2.03 bits per heavy atom. The van der Waals surface area contributed by atoms with Gasteiger partial charge in [-0.3, -0.25) is 19.5 Å². The third kappa shape index (κ3) is 2.37. The smallest absolute Gasteiger partial charge is 0.343 e. The highest BCUT2D eigenvalue weighted by atomic mass is 16.6. The van der Waals surface area contributed by atoms with Gasteiger partial charge < -0.3 is 14.9 Å². The summed E-state index contributed by atoms with van der Waals surface area (Å²) in [4.78, 5) is 41.8. The average Bonchev–Trinajstić information content (AvgIpc) is 3.14. The molecule has 0 saturated carbocycles. The summed E-state index contributed by atoms with van der Waals surface area (Å²) in [5.41, 5.74) is -2.28. The van der Waals surface area contributed by atoms with E-state index < -0.39 is 34.3 Å². The summed E-state index contributed by atoms with van der Waals surface area (Å²) in [6, 6.07) is 7.02. The molecule has 4 heterocycles. The van der Waals surface area contributed by atoms with Crippen LogP contribution in [0.3, 0.4) is 0 Å². The van der Waals surface area contributed by atoms with Crippen LogP contribution < -0.4 is 5.56 Å². The van der Waals surface area contributed by atoms with E-state index in [1.54, 1.807) is 24.3 Å². The minimum atomic E-state index is -2.32. The molecule has 2 aromatic heterocycles. The summed E-state index contributed by atoms with van der Waals surface area (Å²) >= 11 is 0. The average molecular weight is 423 g/mol. The van der Waals surface area contributed by atoms with Crippen molar-refractivity contribution in [2.24, 2.45) is 0 Å². The molecule has 3 aromatic rings. The first-order valence-electron chi connectivity index (χ1n) is 9.69. The summed E-state index contributed by atoms with van der Waals surface area (Å²) in [6.07, 6.45) is -0.206. The lowest BCUT2D eigenvalue weighted by Gasteiger charge is -2.31. The summed E-state index contributed by atoms with van der Waals surface area (Å²) < 4.78 is 6.20. The van der Waals surface area contributed by atoms with Crippen molar-refractivity contribution in [1.82, 2.24) is 9.55 Å². The molecule has 31 heavy (non-hydrogen) atoms. The minimum Gasteiger partial charge on any atom is -0.458 e. The number of benzene rings is 1. The van der Waals surface area contributed by atoms with Crippen molar-refractivity contribution in [3.05, 3.63) is 67.0 Å². The predicted molar refractivity (Wildman–Crippen MR) is 107 cm³/mol. The minimum absolute atomic E-state index is 0.0240. The highest BCUT2D eigenvalue weighted by Gasteiger charge is 2.51. The lowest BCUT2D eigenvalue weighted by Crippen LogP contribution is -2.45. The summed E-state index contributed by atoms with van der Waals surface area (Å²) in [5.74, 6) is -1.03. The highest BCUT2D eigenvalue weighted by molar-refractivity contribution is 5.92. The van der Waals surface area contributed by atoms with Crippen LogP contribution in [0.5, 0.6) is 0 Å². The van der Waals surface area contributed by atoms with Crippen molar-refractivity contribution in [2.75, 3.05) is 0 Å². The summed E-state index contributed by atoms with van der Waals surface area (Å²) in [5, 5.41) is 34.0. The molecular formula is C21H17N3O7. The number of aliphatic hydroxyl groups excluding tert-OH is 1. The van der Waals surface area contributed by atoms with Crippen molar-refractivity contribution in [3.63, 3.8) is 0 Å². The van der Waals surface area contributed by atoms with Crippen LogP contribution in [0.4, 0.5) is 5.69 Å². The van der Waals surface area contributed by atoms with Crippen LogP contribution in [0.2, 0.25) is 0 Å². The van der Waals surface area contributed by atoms with E-state index >= 15 is 0 Å². The fraction of sp³-hybridized carbons (Fsp3) is 0.286. The molecule has 2 aliphatic heterocycles. The molecule has 10 nitrogen and oxygen atoms in total. The molecule has 0 unspecified atom stereocenters. The Hall–Kier alpha value is -3.63. The number of aromatic nitrogens is 2. The van der Waals surface area contributed by atoms with Gasteiger partial charge in [-0.05, 0) is 18.1 Å². The van der Waals surface area contributed by atoms with Crippen molar-refractivity contribution in [2.45, 2.75) is 38.7 Å². The quantitative estimate of drug-likeness (QED) is 0.286. The fourth-order valence-corrected chi connectivity index (χ4v) is 4.61. The Morgan fingerprint density at radius 1 is 1.29 bits per heavy atom. The van der Waals surface area contributed by atoms with Gasteiger partial charge in [-0.1, -0.05) is 25.1 Å². The summed E-state index contributed by atoms with van der Waals surface area (Å²) in [7, 11) is 0. The van der Waals surface area contributed by atoms with Crippen molar-refractivity contribution in [3.8, 4) is 11.4 Å². The Bertz CT molecular complexity index is 1380. The molecule has 0 spiro atoms. The van der Waals surface area contributed by atoms with Gasteiger partial charge in [0, 0.05) is 10.9 Å². The number of esters is 1. The van der Waals surface area contributed by atoms with E-state index in [2.05, 4.69) is 4.98 Å². The molecule has 2 N–H and O–H groups in total. The third-order valence-corrected chi connectivity index (χ3v) is 6.14. The number of nitro groups is 1. The van der Waals surface area contributed by atoms with E-state index in [1.807, 2.05) is 0 Å². The van der Waals surface area contributed by atoms with E-state index in [-0.39, 0.29) is 42.1 Å². The maximum absolute atomic E-state index is 13.3. The molecule has 0 saturated heterocycles. The number of nitrogens with zero attached hydrogens (tertiary/aromatic N) is 3. The second kappa shape index (κ2) is 6.43. The molecule has 0 bridgehead atoms. The maximum Gasteiger partial charge on any atom is 0.343 e. The number of aliphatic hydroxyl groups is 2. The lowest BCUT2D eigenvalue weighted by molar-refractivity contribution is -0.386. The third-order valence-electron chi connectivity index (χ3n) is 6.14. The topological polar surface area (TPSA) is 145 Å². The number of rotatable bonds is 3. The van der Waals surface area contributed by atoms with Gasteiger partial charge in [-0.15, -0.1) is 0 Å². The Kier molecular flexibility index (Phi) is 4.01. The molecule has 2 aliphatic rings. The van der Waals surface area contributed by atoms with E-state index in [4.69, 9.17) is 4.74 Å². The second-order valence-electron chi connectivity index (χ2n) is 7.58. The van der Waals surface area contributed by atoms with Gasteiger partial charge >= 0.3 is 11.7 Å². The molecule has 0 amide bonds. The number of ether oxygens (including phenoxy) is 1. The number of hydrogen-bond donors (Lipinski definition) is 2. The van der Waals surface area contributed by atoms with Crippen LogP contribution in [-0.4, -0.2) is 30.7 Å².